The molecule has 1 aliphatic heterocycles. The number of rotatable bonds is 4. The number of nitro benzene ring substituents is 1. The normalized spacial score (nSPS) is 15.6. The van der Waals surface area contributed by atoms with E-state index in [0.29, 0.717) is 18.5 Å². The lowest BCUT2D eigenvalue weighted by Gasteiger charge is -2.26. The molecule has 25 heavy (non-hydrogen) atoms. The third-order valence-corrected chi connectivity index (χ3v) is 6.19. The Morgan fingerprint density at radius 3 is 2.44 bits per heavy atom. The van der Waals surface area contributed by atoms with E-state index < -0.39 is 14.9 Å². The summed E-state index contributed by atoms with van der Waals surface area (Å²) in [4.78, 5) is 10.5. The summed E-state index contributed by atoms with van der Waals surface area (Å²) in [6, 6.07) is 13.9. The van der Waals surface area contributed by atoms with Gasteiger partial charge in [-0.25, -0.2) is 8.42 Å². The average Bonchev–Trinajstić information content (AvgIpc) is 2.62. The van der Waals surface area contributed by atoms with E-state index in [-0.39, 0.29) is 17.1 Å². The fourth-order valence-corrected chi connectivity index (χ4v) is 4.28. The minimum atomic E-state index is -3.76. The number of sulfonamides is 1. The fraction of sp³-hybridized carbons (Fsp3) is 0.222. The number of nitro groups is 1. The highest BCUT2D eigenvalue weighted by atomic mass is 32.2. The van der Waals surface area contributed by atoms with Gasteiger partial charge in [0, 0.05) is 24.7 Å². The molecule has 0 saturated carbocycles. The second-order valence-electron chi connectivity index (χ2n) is 5.91. The summed E-state index contributed by atoms with van der Waals surface area (Å²) in [6.45, 7) is 2.20. The molecule has 7 heteroatoms. The number of nitrogens with zero attached hydrogens (tertiary/aromatic N) is 2. The van der Waals surface area contributed by atoms with Crippen LogP contribution in [0.1, 0.15) is 17.5 Å². The third-order valence-electron chi connectivity index (χ3n) is 4.33. The third kappa shape index (κ3) is 3.47. The van der Waals surface area contributed by atoms with Crippen LogP contribution in [0.25, 0.3) is 5.57 Å². The molecule has 1 aliphatic rings. The second kappa shape index (κ2) is 6.78. The van der Waals surface area contributed by atoms with Crippen LogP contribution in [0.5, 0.6) is 0 Å². The van der Waals surface area contributed by atoms with Crippen LogP contribution in [0.4, 0.5) is 5.69 Å². The lowest BCUT2D eigenvalue weighted by molar-refractivity contribution is -0.385. The van der Waals surface area contributed by atoms with Gasteiger partial charge in [-0.15, -0.1) is 0 Å². The molecule has 0 atom stereocenters. The summed E-state index contributed by atoms with van der Waals surface area (Å²) in [5, 5.41) is 11.1. The molecule has 2 aromatic rings. The summed E-state index contributed by atoms with van der Waals surface area (Å²) >= 11 is 0. The van der Waals surface area contributed by atoms with Crippen LogP contribution < -0.4 is 0 Å². The topological polar surface area (TPSA) is 80.5 Å². The van der Waals surface area contributed by atoms with Crippen molar-refractivity contribution in [2.24, 2.45) is 0 Å². The minimum absolute atomic E-state index is 0.0404. The van der Waals surface area contributed by atoms with E-state index in [4.69, 9.17) is 0 Å². The highest BCUT2D eigenvalue weighted by Gasteiger charge is 2.28. The zero-order chi connectivity index (χ0) is 18.0. The number of hydrogen-bond acceptors (Lipinski definition) is 4. The van der Waals surface area contributed by atoms with Crippen LogP contribution in [0.3, 0.4) is 0 Å². The van der Waals surface area contributed by atoms with E-state index in [0.717, 1.165) is 17.2 Å². The quantitative estimate of drug-likeness (QED) is 0.620. The number of benzene rings is 2. The van der Waals surface area contributed by atoms with Crippen molar-refractivity contribution in [3.63, 3.8) is 0 Å². The zero-order valence-corrected chi connectivity index (χ0v) is 14.6. The largest absolute Gasteiger partial charge is 0.273 e. The first-order valence-corrected chi connectivity index (χ1v) is 9.33. The van der Waals surface area contributed by atoms with Crippen LogP contribution in [0.15, 0.2) is 59.5 Å². The van der Waals surface area contributed by atoms with Crippen LogP contribution in [0, 0.1) is 17.0 Å². The molecule has 130 valence electrons. The lowest BCUT2D eigenvalue weighted by atomic mass is 10.0. The Morgan fingerprint density at radius 2 is 1.84 bits per heavy atom. The van der Waals surface area contributed by atoms with E-state index in [9.17, 15) is 18.5 Å². The Kier molecular flexibility index (Phi) is 4.69. The van der Waals surface area contributed by atoms with Gasteiger partial charge in [-0.05, 0) is 30.5 Å². The summed E-state index contributed by atoms with van der Waals surface area (Å²) in [7, 11) is -3.76. The van der Waals surface area contributed by atoms with E-state index >= 15 is 0 Å². The molecule has 0 N–H and O–H groups in total. The standard InChI is InChI=1S/C18H18N2O4S/c1-14-7-8-17(13-18(14)20(21)22)25(23,24)19-11-9-16(10-12-19)15-5-3-2-4-6-15/h2-9,13H,10-12H2,1H3. The smallest absolute Gasteiger partial charge is 0.258 e. The molecule has 0 radical (unpaired) electrons. The average molecular weight is 358 g/mol. The van der Waals surface area contributed by atoms with Crippen molar-refractivity contribution in [1.29, 1.82) is 0 Å². The molecule has 0 aliphatic carbocycles. The van der Waals surface area contributed by atoms with Gasteiger partial charge in [0.05, 0.1) is 9.82 Å². The predicted molar refractivity (Wildman–Crippen MR) is 95.6 cm³/mol. The van der Waals surface area contributed by atoms with Gasteiger partial charge >= 0.3 is 0 Å². The van der Waals surface area contributed by atoms with Crippen molar-refractivity contribution in [3.8, 4) is 0 Å². The maximum atomic E-state index is 12.8. The van der Waals surface area contributed by atoms with Crippen molar-refractivity contribution >= 4 is 21.3 Å². The molecule has 0 fully saturated rings. The molecule has 6 nitrogen and oxygen atoms in total. The monoisotopic (exact) mass is 358 g/mol. The molecule has 0 unspecified atom stereocenters. The van der Waals surface area contributed by atoms with Crippen molar-refractivity contribution in [2.45, 2.75) is 18.2 Å². The zero-order valence-electron chi connectivity index (χ0n) is 13.8. The number of aryl methyl sites for hydroxylation is 1. The van der Waals surface area contributed by atoms with Gasteiger partial charge in [-0.3, -0.25) is 10.1 Å². The maximum absolute atomic E-state index is 12.8. The number of hydrogen-bond donors (Lipinski definition) is 0. The first-order chi connectivity index (χ1) is 11.9. The van der Waals surface area contributed by atoms with Gasteiger partial charge in [-0.2, -0.15) is 4.31 Å². The van der Waals surface area contributed by atoms with Crippen LogP contribution >= 0.6 is 0 Å². The highest BCUT2D eigenvalue weighted by molar-refractivity contribution is 7.89. The van der Waals surface area contributed by atoms with Gasteiger partial charge in [0.2, 0.25) is 10.0 Å². The molecule has 0 aromatic heterocycles. The maximum Gasteiger partial charge on any atom is 0.273 e. The molecule has 0 amide bonds. The molecule has 3 rings (SSSR count). The first kappa shape index (κ1) is 17.3. The molecular weight excluding hydrogens is 340 g/mol. The first-order valence-electron chi connectivity index (χ1n) is 7.89. The Hall–Kier alpha value is -2.51. The van der Waals surface area contributed by atoms with Crippen molar-refractivity contribution in [3.05, 3.63) is 75.8 Å². The van der Waals surface area contributed by atoms with E-state index in [1.54, 1.807) is 6.92 Å². The van der Waals surface area contributed by atoms with Crippen molar-refractivity contribution in [2.75, 3.05) is 13.1 Å². The summed E-state index contributed by atoms with van der Waals surface area (Å²) < 4.78 is 26.9. The minimum Gasteiger partial charge on any atom is -0.258 e. The molecule has 0 spiro atoms. The van der Waals surface area contributed by atoms with E-state index in [1.807, 2.05) is 36.4 Å². The van der Waals surface area contributed by atoms with E-state index in [1.165, 1.54) is 16.4 Å². The van der Waals surface area contributed by atoms with Gasteiger partial charge in [0.15, 0.2) is 0 Å². The second-order valence-corrected chi connectivity index (χ2v) is 7.85. The fourth-order valence-electron chi connectivity index (χ4n) is 2.88. The van der Waals surface area contributed by atoms with Crippen molar-refractivity contribution < 1.29 is 13.3 Å². The molecule has 2 aromatic carbocycles. The summed E-state index contributed by atoms with van der Waals surface area (Å²) in [6.07, 6.45) is 2.51. The van der Waals surface area contributed by atoms with E-state index in [2.05, 4.69) is 0 Å². The lowest BCUT2D eigenvalue weighted by Crippen LogP contribution is -2.34. The Bertz CT molecular complexity index is 937. The Morgan fingerprint density at radius 1 is 1.12 bits per heavy atom. The highest BCUT2D eigenvalue weighted by Crippen LogP contribution is 2.28. The Balaban J connectivity index is 1.86. The summed E-state index contributed by atoms with van der Waals surface area (Å²) in [5.74, 6) is 0. The van der Waals surface area contributed by atoms with Crippen LogP contribution in [-0.4, -0.2) is 30.7 Å². The molecule has 1 heterocycles. The van der Waals surface area contributed by atoms with Gasteiger partial charge in [-0.1, -0.05) is 42.5 Å². The SMILES string of the molecule is Cc1ccc(S(=O)(=O)N2CC=C(c3ccccc3)CC2)cc1[N+](=O)[O-]. The molecule has 0 bridgehead atoms. The van der Waals surface area contributed by atoms with Crippen LogP contribution in [-0.2, 0) is 10.0 Å². The van der Waals surface area contributed by atoms with Crippen LogP contribution in [0.2, 0.25) is 0 Å². The molecular formula is C18H18N2O4S. The van der Waals surface area contributed by atoms with Gasteiger partial charge in [0.25, 0.3) is 5.69 Å². The Labute approximate surface area is 146 Å². The van der Waals surface area contributed by atoms with Crippen molar-refractivity contribution in [1.82, 2.24) is 4.31 Å². The van der Waals surface area contributed by atoms with Gasteiger partial charge < -0.3 is 0 Å². The van der Waals surface area contributed by atoms with Gasteiger partial charge in [0.1, 0.15) is 0 Å². The predicted octanol–water partition coefficient (Wildman–Crippen LogP) is 3.38. The molecule has 0 saturated heterocycles. The summed E-state index contributed by atoms with van der Waals surface area (Å²) in [5.41, 5.74) is 2.46.